The van der Waals surface area contributed by atoms with E-state index in [1.54, 1.807) is 18.9 Å². The van der Waals surface area contributed by atoms with E-state index in [1.807, 2.05) is 30.3 Å². The van der Waals surface area contributed by atoms with Gasteiger partial charge in [0, 0.05) is 56.5 Å². The minimum absolute atomic E-state index is 0.121. The molecule has 10 heteroatoms. The van der Waals surface area contributed by atoms with Crippen molar-refractivity contribution in [1.82, 2.24) is 35.0 Å². The Labute approximate surface area is 222 Å². The predicted octanol–water partition coefficient (Wildman–Crippen LogP) is 2.64. The van der Waals surface area contributed by atoms with Crippen LogP contribution in [0.15, 0.2) is 53.3 Å². The van der Waals surface area contributed by atoms with Gasteiger partial charge in [-0.25, -0.2) is 4.68 Å². The van der Waals surface area contributed by atoms with E-state index in [4.69, 9.17) is 9.47 Å². The molecule has 1 aliphatic heterocycles. The molecule has 1 N–H and O–H groups in total. The van der Waals surface area contributed by atoms with Gasteiger partial charge in [0.05, 0.1) is 20.3 Å². The van der Waals surface area contributed by atoms with Gasteiger partial charge in [-0.2, -0.15) is 0 Å². The Balaban J connectivity index is 1.46. The number of aromatic amines is 1. The van der Waals surface area contributed by atoms with Crippen LogP contribution < -0.4 is 10.3 Å². The highest BCUT2D eigenvalue weighted by Gasteiger charge is 2.32. The molecular formula is C28H35N7O3. The first-order chi connectivity index (χ1) is 18.6. The summed E-state index contributed by atoms with van der Waals surface area (Å²) in [5.41, 5.74) is 3.75. The SMILES string of the molecule is CCc1ccc2[nH]c(=O)c(C(c3nnnn3CCOC)N3CCN(Cc4ccccc4OC)CC3)cc2c1. The molecule has 0 radical (unpaired) electrons. The smallest absolute Gasteiger partial charge is 0.253 e. The van der Waals surface area contributed by atoms with Crippen molar-refractivity contribution in [3.8, 4) is 5.75 Å². The molecular weight excluding hydrogens is 482 g/mol. The molecule has 1 aliphatic rings. The van der Waals surface area contributed by atoms with Crippen LogP contribution in [0.2, 0.25) is 0 Å². The molecule has 38 heavy (non-hydrogen) atoms. The maximum Gasteiger partial charge on any atom is 0.253 e. The minimum Gasteiger partial charge on any atom is -0.496 e. The lowest BCUT2D eigenvalue weighted by Crippen LogP contribution is -2.48. The van der Waals surface area contributed by atoms with Crippen LogP contribution in [0, 0.1) is 0 Å². The number of H-pyrrole nitrogens is 1. The summed E-state index contributed by atoms with van der Waals surface area (Å²) >= 11 is 0. The van der Waals surface area contributed by atoms with Gasteiger partial charge in [0.2, 0.25) is 0 Å². The van der Waals surface area contributed by atoms with Crippen molar-refractivity contribution in [2.24, 2.45) is 0 Å². The maximum atomic E-state index is 13.5. The number of aromatic nitrogens is 5. The lowest BCUT2D eigenvalue weighted by Gasteiger charge is -2.38. The van der Waals surface area contributed by atoms with Crippen LogP contribution in [-0.4, -0.2) is 82.0 Å². The molecule has 2 aromatic carbocycles. The zero-order valence-corrected chi connectivity index (χ0v) is 22.3. The molecule has 4 aromatic rings. The molecule has 0 spiro atoms. The second-order valence-corrected chi connectivity index (χ2v) is 9.61. The summed E-state index contributed by atoms with van der Waals surface area (Å²) in [6.45, 7) is 7.15. The summed E-state index contributed by atoms with van der Waals surface area (Å²) in [5.74, 6) is 1.55. The quantitative estimate of drug-likeness (QED) is 0.343. The second-order valence-electron chi connectivity index (χ2n) is 9.61. The van der Waals surface area contributed by atoms with Crippen LogP contribution in [0.4, 0.5) is 0 Å². The number of nitrogens with zero attached hydrogens (tertiary/aromatic N) is 6. The van der Waals surface area contributed by atoms with Gasteiger partial charge in [-0.05, 0) is 52.1 Å². The zero-order valence-electron chi connectivity index (χ0n) is 22.3. The van der Waals surface area contributed by atoms with Crippen molar-refractivity contribution < 1.29 is 9.47 Å². The molecule has 3 heterocycles. The Kier molecular flexibility index (Phi) is 8.11. The van der Waals surface area contributed by atoms with Crippen molar-refractivity contribution in [3.05, 3.63) is 81.4 Å². The number of tetrazole rings is 1. The Bertz CT molecular complexity index is 1430. The Morgan fingerprint density at radius 3 is 2.63 bits per heavy atom. The van der Waals surface area contributed by atoms with E-state index < -0.39 is 0 Å². The second kappa shape index (κ2) is 11.8. The number of methoxy groups -OCH3 is 2. The average Bonchev–Trinajstić information content (AvgIpc) is 3.41. The van der Waals surface area contributed by atoms with Crippen molar-refractivity contribution in [3.63, 3.8) is 0 Å². The average molecular weight is 518 g/mol. The molecule has 1 fully saturated rings. The predicted molar refractivity (Wildman–Crippen MR) is 145 cm³/mol. The molecule has 1 saturated heterocycles. The molecule has 2 aromatic heterocycles. The lowest BCUT2D eigenvalue weighted by molar-refractivity contribution is 0.0979. The first kappa shape index (κ1) is 26.0. The summed E-state index contributed by atoms with van der Waals surface area (Å²) in [6, 6.07) is 15.9. The number of hydrogen-bond donors (Lipinski definition) is 1. The third kappa shape index (κ3) is 5.47. The fourth-order valence-corrected chi connectivity index (χ4v) is 5.19. The first-order valence-corrected chi connectivity index (χ1v) is 13.1. The van der Waals surface area contributed by atoms with Crippen LogP contribution >= 0.6 is 0 Å². The third-order valence-corrected chi connectivity index (χ3v) is 7.31. The Morgan fingerprint density at radius 2 is 1.87 bits per heavy atom. The molecule has 10 nitrogen and oxygen atoms in total. The van der Waals surface area contributed by atoms with Crippen molar-refractivity contribution in [1.29, 1.82) is 0 Å². The highest BCUT2D eigenvalue weighted by atomic mass is 16.5. The molecule has 0 bridgehead atoms. The third-order valence-electron chi connectivity index (χ3n) is 7.31. The fourth-order valence-electron chi connectivity index (χ4n) is 5.19. The van der Waals surface area contributed by atoms with Gasteiger partial charge < -0.3 is 14.5 Å². The molecule has 0 amide bonds. The minimum atomic E-state index is -0.381. The molecule has 1 unspecified atom stereocenters. The first-order valence-electron chi connectivity index (χ1n) is 13.1. The van der Waals surface area contributed by atoms with E-state index in [2.05, 4.69) is 55.4 Å². The molecule has 200 valence electrons. The molecule has 1 atom stereocenters. The van der Waals surface area contributed by atoms with Gasteiger partial charge in [0.25, 0.3) is 5.56 Å². The standard InChI is InChI=1S/C28H35N7O3/c1-4-20-9-10-24-22(17-20)18-23(28(36)29-24)26(27-30-31-32-35(27)15-16-37-2)34-13-11-33(12-14-34)19-21-7-5-6-8-25(21)38-3/h5-10,17-18,26H,4,11-16,19H2,1-3H3,(H,29,36). The van der Waals surface area contributed by atoms with Crippen molar-refractivity contribution >= 4 is 10.9 Å². The van der Waals surface area contributed by atoms with E-state index in [1.165, 1.54) is 11.1 Å². The van der Waals surface area contributed by atoms with Gasteiger partial charge in [0.1, 0.15) is 11.8 Å². The van der Waals surface area contributed by atoms with E-state index >= 15 is 0 Å². The fraction of sp³-hybridized carbons (Fsp3) is 0.429. The van der Waals surface area contributed by atoms with E-state index in [-0.39, 0.29) is 11.6 Å². The highest BCUT2D eigenvalue weighted by molar-refractivity contribution is 5.80. The largest absolute Gasteiger partial charge is 0.496 e. The number of benzene rings is 2. The summed E-state index contributed by atoms with van der Waals surface area (Å²) in [7, 11) is 3.36. The number of pyridine rings is 1. The number of para-hydroxylation sites is 1. The molecule has 0 aliphatic carbocycles. The van der Waals surface area contributed by atoms with Crippen LogP contribution in [0.5, 0.6) is 5.75 Å². The summed E-state index contributed by atoms with van der Waals surface area (Å²) in [5, 5.41) is 13.6. The van der Waals surface area contributed by atoms with Crippen LogP contribution in [0.1, 0.15) is 35.5 Å². The summed E-state index contributed by atoms with van der Waals surface area (Å²) in [6.07, 6.45) is 0.928. The number of fused-ring (bicyclic) bond motifs is 1. The molecule has 5 rings (SSSR count). The van der Waals surface area contributed by atoms with Gasteiger partial charge in [-0.1, -0.05) is 31.2 Å². The summed E-state index contributed by atoms with van der Waals surface area (Å²) in [4.78, 5) is 21.3. The number of nitrogens with one attached hydrogen (secondary N) is 1. The summed E-state index contributed by atoms with van der Waals surface area (Å²) < 4.78 is 12.6. The number of ether oxygens (including phenoxy) is 2. The van der Waals surface area contributed by atoms with E-state index in [0.29, 0.717) is 24.5 Å². The Morgan fingerprint density at radius 1 is 1.05 bits per heavy atom. The number of aryl methyl sites for hydroxylation is 1. The van der Waals surface area contributed by atoms with Gasteiger partial charge in [-0.3, -0.25) is 14.6 Å². The maximum absolute atomic E-state index is 13.5. The highest BCUT2D eigenvalue weighted by Crippen LogP contribution is 2.29. The normalized spacial score (nSPS) is 15.7. The monoisotopic (exact) mass is 517 g/mol. The van der Waals surface area contributed by atoms with Crippen LogP contribution in [-0.2, 0) is 24.2 Å². The van der Waals surface area contributed by atoms with Crippen molar-refractivity contribution in [2.75, 3.05) is 47.0 Å². The van der Waals surface area contributed by atoms with Crippen LogP contribution in [0.25, 0.3) is 10.9 Å². The molecule has 0 saturated carbocycles. The Hall–Kier alpha value is -3.60. The number of piperazine rings is 1. The van der Waals surface area contributed by atoms with E-state index in [0.717, 1.165) is 55.8 Å². The topological polar surface area (TPSA) is 101 Å². The van der Waals surface area contributed by atoms with E-state index in [9.17, 15) is 4.79 Å². The number of hydrogen-bond acceptors (Lipinski definition) is 8. The van der Waals surface area contributed by atoms with Crippen LogP contribution in [0.3, 0.4) is 0 Å². The van der Waals surface area contributed by atoms with Gasteiger partial charge in [-0.15, -0.1) is 5.10 Å². The van der Waals surface area contributed by atoms with Gasteiger partial charge in [0.15, 0.2) is 5.82 Å². The number of rotatable bonds is 10. The lowest BCUT2D eigenvalue weighted by atomic mass is 10.0. The van der Waals surface area contributed by atoms with Crippen molar-refractivity contribution in [2.45, 2.75) is 32.5 Å². The zero-order chi connectivity index (χ0) is 26.5. The van der Waals surface area contributed by atoms with Gasteiger partial charge >= 0.3 is 0 Å².